The molecule has 0 saturated carbocycles. The van der Waals surface area contributed by atoms with Crippen LogP contribution in [0.3, 0.4) is 0 Å². The van der Waals surface area contributed by atoms with Gasteiger partial charge in [-0.3, -0.25) is 0 Å². The first-order valence-electron chi connectivity index (χ1n) is 6.06. The zero-order chi connectivity index (χ0) is 13.5. The molecule has 106 valence electrons. The van der Waals surface area contributed by atoms with Crippen LogP contribution in [0.5, 0.6) is 5.75 Å². The number of carbonyl (C=O) groups is 1. The maximum Gasteiger partial charge on any atom is 0.414 e. The van der Waals surface area contributed by atoms with E-state index >= 15 is 0 Å². The second kappa shape index (κ2) is 5.29. The number of halogens is 1. The predicted octanol–water partition coefficient (Wildman–Crippen LogP) is 2.90. The SMILES string of the molecule is CN(C)C(=O)Oc1ccc2c(c1)C(C)(C)CN2C.Cl. The lowest BCUT2D eigenvalue weighted by Crippen LogP contribution is -2.25. The minimum absolute atomic E-state index is 0. The quantitative estimate of drug-likeness (QED) is 0.795. The highest BCUT2D eigenvalue weighted by atomic mass is 35.5. The molecule has 4 nitrogen and oxygen atoms in total. The molecule has 1 heterocycles. The van der Waals surface area contributed by atoms with Gasteiger partial charge in [0.05, 0.1) is 0 Å². The number of amides is 1. The van der Waals surface area contributed by atoms with Crippen LogP contribution in [0.4, 0.5) is 10.5 Å². The fourth-order valence-corrected chi connectivity index (χ4v) is 2.41. The van der Waals surface area contributed by atoms with E-state index in [-0.39, 0.29) is 23.9 Å². The van der Waals surface area contributed by atoms with E-state index < -0.39 is 0 Å². The molecule has 1 amide bonds. The second-order valence-electron chi connectivity index (χ2n) is 5.68. The Bertz CT molecular complexity index is 486. The first-order valence-corrected chi connectivity index (χ1v) is 6.06. The highest BCUT2D eigenvalue weighted by Crippen LogP contribution is 2.41. The van der Waals surface area contributed by atoms with Crippen molar-refractivity contribution in [3.05, 3.63) is 23.8 Å². The lowest BCUT2D eigenvalue weighted by Gasteiger charge is -2.19. The van der Waals surface area contributed by atoms with E-state index in [0.717, 1.165) is 6.54 Å². The van der Waals surface area contributed by atoms with Gasteiger partial charge in [0.2, 0.25) is 0 Å². The van der Waals surface area contributed by atoms with Gasteiger partial charge in [0.1, 0.15) is 5.75 Å². The molecule has 0 spiro atoms. The molecule has 1 aliphatic heterocycles. The van der Waals surface area contributed by atoms with Crippen molar-refractivity contribution in [3.8, 4) is 5.75 Å². The van der Waals surface area contributed by atoms with Crippen LogP contribution in [0.1, 0.15) is 19.4 Å². The molecule has 0 fully saturated rings. The number of likely N-dealkylation sites (N-methyl/N-ethyl adjacent to an activating group) is 1. The Labute approximate surface area is 120 Å². The number of nitrogens with zero attached hydrogens (tertiary/aromatic N) is 2. The standard InChI is InChI=1S/C14H20N2O2.ClH/c1-14(2)9-16(5)12-7-6-10(8-11(12)14)18-13(17)15(3)4;/h6-8H,9H2,1-5H3;1H. The Morgan fingerprint density at radius 1 is 1.37 bits per heavy atom. The van der Waals surface area contributed by atoms with Gasteiger partial charge in [-0.15, -0.1) is 12.4 Å². The maximum absolute atomic E-state index is 11.5. The van der Waals surface area contributed by atoms with E-state index in [1.807, 2.05) is 18.2 Å². The fourth-order valence-electron chi connectivity index (χ4n) is 2.41. The summed E-state index contributed by atoms with van der Waals surface area (Å²) < 4.78 is 5.30. The van der Waals surface area contributed by atoms with Crippen LogP contribution in [-0.4, -0.2) is 38.7 Å². The fraction of sp³-hybridized carbons (Fsp3) is 0.500. The zero-order valence-corrected chi connectivity index (χ0v) is 12.9. The molecular weight excluding hydrogens is 264 g/mol. The van der Waals surface area contributed by atoms with Crippen LogP contribution in [0.25, 0.3) is 0 Å². The lowest BCUT2D eigenvalue weighted by molar-refractivity contribution is 0.172. The van der Waals surface area contributed by atoms with Crippen LogP contribution in [0, 0.1) is 0 Å². The number of rotatable bonds is 1. The minimum Gasteiger partial charge on any atom is -0.410 e. The van der Waals surface area contributed by atoms with Gasteiger partial charge in [0.25, 0.3) is 0 Å². The summed E-state index contributed by atoms with van der Waals surface area (Å²) in [6.45, 7) is 5.38. The van der Waals surface area contributed by atoms with Gasteiger partial charge in [-0.05, 0) is 23.8 Å². The lowest BCUT2D eigenvalue weighted by atomic mass is 9.87. The first kappa shape index (κ1) is 15.6. The van der Waals surface area contributed by atoms with Gasteiger partial charge in [-0.1, -0.05) is 13.8 Å². The van der Waals surface area contributed by atoms with Crippen molar-refractivity contribution >= 4 is 24.2 Å². The van der Waals surface area contributed by atoms with E-state index in [9.17, 15) is 4.79 Å². The topological polar surface area (TPSA) is 32.8 Å². The molecule has 0 aromatic heterocycles. The average Bonchev–Trinajstić information content (AvgIpc) is 2.49. The van der Waals surface area contributed by atoms with Gasteiger partial charge < -0.3 is 14.5 Å². The third kappa shape index (κ3) is 2.95. The summed E-state index contributed by atoms with van der Waals surface area (Å²) in [5.41, 5.74) is 2.53. The monoisotopic (exact) mass is 284 g/mol. The summed E-state index contributed by atoms with van der Waals surface area (Å²) in [4.78, 5) is 15.2. The maximum atomic E-state index is 11.5. The minimum atomic E-state index is -0.348. The molecule has 0 radical (unpaired) electrons. The van der Waals surface area contributed by atoms with E-state index in [4.69, 9.17) is 4.74 Å². The Morgan fingerprint density at radius 2 is 2.00 bits per heavy atom. The average molecular weight is 285 g/mol. The predicted molar refractivity (Wildman–Crippen MR) is 79.7 cm³/mol. The van der Waals surface area contributed by atoms with Crippen LogP contribution in [-0.2, 0) is 5.41 Å². The van der Waals surface area contributed by atoms with Gasteiger partial charge in [0, 0.05) is 38.8 Å². The molecule has 0 N–H and O–H groups in total. The van der Waals surface area contributed by atoms with Crippen LogP contribution in [0.15, 0.2) is 18.2 Å². The van der Waals surface area contributed by atoms with Crippen molar-refractivity contribution < 1.29 is 9.53 Å². The summed E-state index contributed by atoms with van der Waals surface area (Å²) in [6.07, 6.45) is -0.348. The number of benzene rings is 1. The Hall–Kier alpha value is -1.42. The van der Waals surface area contributed by atoms with Crippen molar-refractivity contribution in [2.75, 3.05) is 32.6 Å². The summed E-state index contributed by atoms with van der Waals surface area (Å²) >= 11 is 0. The summed E-state index contributed by atoms with van der Waals surface area (Å²) in [5.74, 6) is 0.607. The molecule has 2 rings (SSSR count). The van der Waals surface area contributed by atoms with Crippen molar-refractivity contribution in [1.82, 2.24) is 4.90 Å². The first-order chi connectivity index (χ1) is 8.31. The molecule has 0 saturated heterocycles. The third-order valence-electron chi connectivity index (χ3n) is 3.31. The molecule has 1 aromatic carbocycles. The Balaban J connectivity index is 0.00000180. The van der Waals surface area contributed by atoms with Crippen molar-refractivity contribution in [2.45, 2.75) is 19.3 Å². The van der Waals surface area contributed by atoms with Gasteiger partial charge in [-0.2, -0.15) is 0 Å². The normalized spacial score (nSPS) is 15.5. The summed E-state index contributed by atoms with van der Waals surface area (Å²) in [7, 11) is 5.43. The largest absolute Gasteiger partial charge is 0.414 e. The van der Waals surface area contributed by atoms with Gasteiger partial charge >= 0.3 is 6.09 Å². The Kier molecular flexibility index (Phi) is 4.35. The molecule has 1 aliphatic rings. The molecule has 19 heavy (non-hydrogen) atoms. The molecule has 1 aromatic rings. The highest BCUT2D eigenvalue weighted by Gasteiger charge is 2.33. The third-order valence-corrected chi connectivity index (χ3v) is 3.31. The van der Waals surface area contributed by atoms with Gasteiger partial charge in [-0.25, -0.2) is 4.79 Å². The molecule has 0 bridgehead atoms. The number of hydrogen-bond donors (Lipinski definition) is 0. The summed E-state index contributed by atoms with van der Waals surface area (Å²) in [6, 6.07) is 5.83. The zero-order valence-electron chi connectivity index (χ0n) is 12.1. The van der Waals surface area contributed by atoms with Crippen molar-refractivity contribution in [1.29, 1.82) is 0 Å². The molecule has 0 aliphatic carbocycles. The van der Waals surface area contributed by atoms with Crippen molar-refractivity contribution in [2.24, 2.45) is 0 Å². The number of ether oxygens (including phenoxy) is 1. The molecular formula is C14H21ClN2O2. The number of fused-ring (bicyclic) bond motifs is 1. The van der Waals surface area contributed by atoms with Crippen molar-refractivity contribution in [3.63, 3.8) is 0 Å². The van der Waals surface area contributed by atoms with E-state index in [0.29, 0.717) is 5.75 Å². The number of anilines is 1. The van der Waals surface area contributed by atoms with E-state index in [2.05, 4.69) is 25.8 Å². The molecule has 0 unspecified atom stereocenters. The second-order valence-corrected chi connectivity index (χ2v) is 5.68. The number of hydrogen-bond acceptors (Lipinski definition) is 3. The van der Waals surface area contributed by atoms with Gasteiger partial charge in [0.15, 0.2) is 0 Å². The van der Waals surface area contributed by atoms with Crippen LogP contribution < -0.4 is 9.64 Å². The smallest absolute Gasteiger partial charge is 0.410 e. The molecule has 0 atom stereocenters. The van der Waals surface area contributed by atoms with Crippen LogP contribution >= 0.6 is 12.4 Å². The van der Waals surface area contributed by atoms with E-state index in [1.165, 1.54) is 16.2 Å². The number of carbonyl (C=O) groups excluding carboxylic acids is 1. The van der Waals surface area contributed by atoms with Crippen LogP contribution in [0.2, 0.25) is 0 Å². The summed E-state index contributed by atoms with van der Waals surface area (Å²) in [5, 5.41) is 0. The molecule has 5 heteroatoms. The Morgan fingerprint density at radius 3 is 2.58 bits per heavy atom. The van der Waals surface area contributed by atoms with E-state index in [1.54, 1.807) is 14.1 Å². The highest BCUT2D eigenvalue weighted by molar-refractivity contribution is 5.85.